The van der Waals surface area contributed by atoms with E-state index in [0.29, 0.717) is 17.2 Å². The molecular formula is C18H18ClN5O2S. The molecule has 0 unspecified atom stereocenters. The molecule has 3 aromatic rings. The number of hydrogen-bond donors (Lipinski definition) is 1. The van der Waals surface area contributed by atoms with E-state index in [9.17, 15) is 4.79 Å². The van der Waals surface area contributed by atoms with Crippen molar-refractivity contribution in [2.45, 2.75) is 24.0 Å². The van der Waals surface area contributed by atoms with Gasteiger partial charge < -0.3 is 10.1 Å². The van der Waals surface area contributed by atoms with E-state index in [-0.39, 0.29) is 17.8 Å². The van der Waals surface area contributed by atoms with Crippen LogP contribution in [0.5, 0.6) is 0 Å². The summed E-state index contributed by atoms with van der Waals surface area (Å²) in [6.45, 7) is 1.34. The molecule has 1 fully saturated rings. The van der Waals surface area contributed by atoms with Gasteiger partial charge in [-0.25, -0.2) is 14.6 Å². The highest BCUT2D eigenvalue weighted by Crippen LogP contribution is 2.26. The molecule has 0 radical (unpaired) electrons. The van der Waals surface area contributed by atoms with Crippen LogP contribution in [-0.2, 0) is 9.53 Å². The molecule has 1 aliphatic rings. The van der Waals surface area contributed by atoms with Gasteiger partial charge in [-0.3, -0.25) is 4.79 Å². The van der Waals surface area contributed by atoms with Gasteiger partial charge in [0.15, 0.2) is 5.65 Å². The lowest BCUT2D eigenvalue weighted by molar-refractivity contribution is -0.119. The number of fused-ring (bicyclic) bond motifs is 1. The van der Waals surface area contributed by atoms with Crippen LogP contribution in [0.1, 0.15) is 12.8 Å². The van der Waals surface area contributed by atoms with E-state index in [4.69, 9.17) is 16.3 Å². The Balaban J connectivity index is 1.45. The van der Waals surface area contributed by atoms with Gasteiger partial charge in [0.2, 0.25) is 5.91 Å². The predicted molar refractivity (Wildman–Crippen MR) is 104 cm³/mol. The zero-order valence-electron chi connectivity index (χ0n) is 14.5. The second kappa shape index (κ2) is 8.24. The predicted octanol–water partition coefficient (Wildman–Crippen LogP) is 2.86. The lowest BCUT2D eigenvalue weighted by Gasteiger charge is -2.10. The summed E-state index contributed by atoms with van der Waals surface area (Å²) in [5.41, 5.74) is 1.50. The van der Waals surface area contributed by atoms with Crippen LogP contribution in [0.25, 0.3) is 16.7 Å². The number of carbonyl (C=O) groups excluding carboxylic acids is 1. The minimum Gasteiger partial charge on any atom is -0.376 e. The average molecular weight is 404 g/mol. The van der Waals surface area contributed by atoms with Gasteiger partial charge in [0, 0.05) is 18.2 Å². The third-order valence-corrected chi connectivity index (χ3v) is 5.51. The maximum absolute atomic E-state index is 12.1. The molecule has 1 N–H and O–H groups in total. The van der Waals surface area contributed by atoms with Gasteiger partial charge in [0.25, 0.3) is 0 Å². The number of amides is 1. The van der Waals surface area contributed by atoms with Crippen LogP contribution in [0.2, 0.25) is 5.02 Å². The Hall–Kier alpha value is -2.16. The van der Waals surface area contributed by atoms with Crippen molar-refractivity contribution in [3.8, 4) is 5.69 Å². The van der Waals surface area contributed by atoms with E-state index in [1.54, 1.807) is 10.9 Å². The van der Waals surface area contributed by atoms with Gasteiger partial charge in [0.1, 0.15) is 11.4 Å². The molecule has 0 saturated carbocycles. The Labute approximate surface area is 165 Å². The topological polar surface area (TPSA) is 81.9 Å². The molecule has 27 heavy (non-hydrogen) atoms. The highest BCUT2D eigenvalue weighted by atomic mass is 35.5. The van der Waals surface area contributed by atoms with Crippen molar-refractivity contribution in [2.24, 2.45) is 0 Å². The van der Waals surface area contributed by atoms with Crippen LogP contribution in [0.4, 0.5) is 0 Å². The molecule has 1 amide bonds. The average Bonchev–Trinajstić information content (AvgIpc) is 3.34. The number of halogens is 1. The summed E-state index contributed by atoms with van der Waals surface area (Å²) >= 11 is 7.44. The Morgan fingerprint density at radius 3 is 3.15 bits per heavy atom. The van der Waals surface area contributed by atoms with Gasteiger partial charge in [-0.1, -0.05) is 29.4 Å². The number of nitrogens with zero attached hydrogens (tertiary/aromatic N) is 4. The van der Waals surface area contributed by atoms with Crippen LogP contribution in [0.3, 0.4) is 0 Å². The van der Waals surface area contributed by atoms with Crippen molar-refractivity contribution < 1.29 is 9.53 Å². The molecule has 4 rings (SSSR count). The fourth-order valence-electron chi connectivity index (χ4n) is 2.95. The molecule has 7 nitrogen and oxygen atoms in total. The highest BCUT2D eigenvalue weighted by molar-refractivity contribution is 8.00. The number of carbonyl (C=O) groups is 1. The number of thioether (sulfide) groups is 1. The minimum atomic E-state index is -0.0375. The monoisotopic (exact) mass is 403 g/mol. The zero-order chi connectivity index (χ0) is 18.6. The van der Waals surface area contributed by atoms with Crippen LogP contribution < -0.4 is 5.32 Å². The second-order valence-corrected chi connectivity index (χ2v) is 7.58. The van der Waals surface area contributed by atoms with Crippen LogP contribution >= 0.6 is 23.4 Å². The molecule has 140 valence electrons. The molecule has 9 heteroatoms. The van der Waals surface area contributed by atoms with Gasteiger partial charge in [-0.05, 0) is 31.0 Å². The third kappa shape index (κ3) is 4.23. The second-order valence-electron chi connectivity index (χ2n) is 6.18. The lowest BCUT2D eigenvalue weighted by Crippen LogP contribution is -2.32. The van der Waals surface area contributed by atoms with Crippen molar-refractivity contribution in [2.75, 3.05) is 18.9 Å². The van der Waals surface area contributed by atoms with Crippen molar-refractivity contribution in [1.29, 1.82) is 0 Å². The molecule has 1 aromatic carbocycles. The standard InChI is InChI=1S/C18H18ClN5O2S/c19-12-3-1-4-13(7-12)24-17-15(9-23-24)18(22-11-21-17)27-10-16(25)20-8-14-5-2-6-26-14/h1,3-4,7,9,11,14H,2,5-6,8,10H2,(H,20,25)/t14-/m1/s1. The van der Waals surface area contributed by atoms with Crippen molar-refractivity contribution in [1.82, 2.24) is 25.1 Å². The number of ether oxygens (including phenoxy) is 1. The molecule has 2 aromatic heterocycles. The smallest absolute Gasteiger partial charge is 0.230 e. The molecule has 3 heterocycles. The molecule has 0 bridgehead atoms. The van der Waals surface area contributed by atoms with E-state index in [1.165, 1.54) is 18.1 Å². The summed E-state index contributed by atoms with van der Waals surface area (Å²) < 4.78 is 7.23. The fourth-order valence-corrected chi connectivity index (χ4v) is 3.93. The van der Waals surface area contributed by atoms with Crippen LogP contribution in [0.15, 0.2) is 41.8 Å². The van der Waals surface area contributed by atoms with E-state index in [1.807, 2.05) is 24.3 Å². The Bertz CT molecular complexity index is 958. The van der Waals surface area contributed by atoms with Gasteiger partial charge in [-0.15, -0.1) is 0 Å². The van der Waals surface area contributed by atoms with Crippen molar-refractivity contribution in [3.63, 3.8) is 0 Å². The number of benzene rings is 1. The molecule has 0 aliphatic carbocycles. The van der Waals surface area contributed by atoms with E-state index in [0.717, 1.165) is 35.5 Å². The summed E-state index contributed by atoms with van der Waals surface area (Å²) in [6.07, 6.45) is 5.40. The first-order chi connectivity index (χ1) is 13.2. The normalized spacial score (nSPS) is 16.7. The largest absolute Gasteiger partial charge is 0.376 e. The summed E-state index contributed by atoms with van der Waals surface area (Å²) in [7, 11) is 0. The Morgan fingerprint density at radius 2 is 2.33 bits per heavy atom. The first-order valence-corrected chi connectivity index (χ1v) is 10.0. The number of aromatic nitrogens is 4. The maximum Gasteiger partial charge on any atom is 0.230 e. The highest BCUT2D eigenvalue weighted by Gasteiger charge is 2.17. The number of hydrogen-bond acceptors (Lipinski definition) is 6. The molecule has 1 aliphatic heterocycles. The van der Waals surface area contributed by atoms with Gasteiger partial charge in [-0.2, -0.15) is 5.10 Å². The molecule has 1 saturated heterocycles. The summed E-state index contributed by atoms with van der Waals surface area (Å²) in [5.74, 6) is 0.241. The van der Waals surface area contributed by atoms with E-state index >= 15 is 0 Å². The Kier molecular flexibility index (Phi) is 5.56. The number of nitrogens with one attached hydrogen (secondary N) is 1. The van der Waals surface area contributed by atoms with Crippen LogP contribution in [0, 0.1) is 0 Å². The van der Waals surface area contributed by atoms with Crippen LogP contribution in [-0.4, -0.2) is 50.7 Å². The molecular weight excluding hydrogens is 386 g/mol. The quantitative estimate of drug-likeness (QED) is 0.503. The maximum atomic E-state index is 12.1. The molecule has 1 atom stereocenters. The van der Waals surface area contributed by atoms with Crippen molar-refractivity contribution in [3.05, 3.63) is 41.8 Å². The first kappa shape index (κ1) is 18.2. The Morgan fingerprint density at radius 1 is 1.41 bits per heavy atom. The number of rotatable bonds is 6. The first-order valence-electron chi connectivity index (χ1n) is 8.66. The lowest BCUT2D eigenvalue weighted by atomic mass is 10.2. The van der Waals surface area contributed by atoms with E-state index < -0.39 is 0 Å². The third-order valence-electron chi connectivity index (χ3n) is 4.27. The summed E-state index contributed by atoms with van der Waals surface area (Å²) in [6, 6.07) is 7.40. The van der Waals surface area contributed by atoms with Gasteiger partial charge >= 0.3 is 0 Å². The van der Waals surface area contributed by atoms with Crippen molar-refractivity contribution >= 4 is 40.3 Å². The summed E-state index contributed by atoms with van der Waals surface area (Å²) in [4.78, 5) is 20.8. The van der Waals surface area contributed by atoms with Gasteiger partial charge in [0.05, 0.1) is 29.1 Å². The minimum absolute atomic E-state index is 0.0375. The SMILES string of the molecule is O=C(CSc1ncnc2c1cnn2-c1cccc(Cl)c1)NC[C@H]1CCCO1. The summed E-state index contributed by atoms with van der Waals surface area (Å²) in [5, 5.41) is 9.48. The van der Waals surface area contributed by atoms with E-state index in [2.05, 4.69) is 20.4 Å². The fraction of sp³-hybridized carbons (Fsp3) is 0.333. The molecule has 0 spiro atoms. The zero-order valence-corrected chi connectivity index (χ0v) is 16.0.